The van der Waals surface area contributed by atoms with Crippen molar-refractivity contribution < 1.29 is 15.0 Å². The van der Waals surface area contributed by atoms with Gasteiger partial charge in [-0.1, -0.05) is 67.3 Å². The number of carbonyl (C=O) groups excluding carboxylic acids is 1. The maximum atomic E-state index is 13.6. The van der Waals surface area contributed by atoms with Gasteiger partial charge in [-0.15, -0.1) is 0 Å². The maximum absolute atomic E-state index is 13.6. The SMILES string of the molecule is C=C1N=C(Cc2ccc(O)cc2)C(=O)N1c1ccc(C)c(/C=C\C(C)O)c1NC(C)Cc1ccccc1. The summed E-state index contributed by atoms with van der Waals surface area (Å²) in [7, 11) is 0. The number of aliphatic imine (C=N–C) groups is 1. The molecule has 37 heavy (non-hydrogen) atoms. The van der Waals surface area contributed by atoms with Gasteiger partial charge in [0.1, 0.15) is 17.3 Å². The molecule has 6 nitrogen and oxygen atoms in total. The molecule has 1 heterocycles. The lowest BCUT2D eigenvalue weighted by molar-refractivity contribution is -0.111. The number of aryl methyl sites for hydroxylation is 1. The van der Waals surface area contributed by atoms with E-state index in [1.54, 1.807) is 42.2 Å². The van der Waals surface area contributed by atoms with E-state index >= 15 is 0 Å². The molecule has 190 valence electrons. The Kier molecular flexibility index (Phi) is 7.89. The van der Waals surface area contributed by atoms with Gasteiger partial charge in [0.2, 0.25) is 0 Å². The van der Waals surface area contributed by atoms with Gasteiger partial charge in [-0.3, -0.25) is 9.69 Å². The topological polar surface area (TPSA) is 85.2 Å². The molecule has 0 aliphatic carbocycles. The molecule has 1 aliphatic rings. The summed E-state index contributed by atoms with van der Waals surface area (Å²) in [5.74, 6) is 0.297. The number of hydrogen-bond donors (Lipinski definition) is 3. The van der Waals surface area contributed by atoms with Crippen LogP contribution in [-0.4, -0.2) is 34.0 Å². The first-order valence-corrected chi connectivity index (χ1v) is 12.4. The van der Waals surface area contributed by atoms with Crippen LogP contribution in [0.5, 0.6) is 5.75 Å². The fourth-order valence-corrected chi connectivity index (χ4v) is 4.44. The van der Waals surface area contributed by atoms with Crippen LogP contribution < -0.4 is 10.2 Å². The molecule has 2 atom stereocenters. The highest BCUT2D eigenvalue weighted by Crippen LogP contribution is 2.38. The monoisotopic (exact) mass is 495 g/mol. The first-order valence-electron chi connectivity index (χ1n) is 12.4. The normalized spacial score (nSPS) is 15.2. The molecule has 0 saturated heterocycles. The van der Waals surface area contributed by atoms with Crippen LogP contribution in [0.25, 0.3) is 6.08 Å². The van der Waals surface area contributed by atoms with E-state index < -0.39 is 6.10 Å². The Labute approximate surface area is 218 Å². The zero-order valence-corrected chi connectivity index (χ0v) is 21.5. The van der Waals surface area contributed by atoms with Gasteiger partial charge in [0.25, 0.3) is 5.91 Å². The second kappa shape index (κ2) is 11.3. The molecular weight excluding hydrogens is 462 g/mol. The zero-order valence-electron chi connectivity index (χ0n) is 21.5. The molecule has 1 aliphatic heterocycles. The highest BCUT2D eigenvalue weighted by Gasteiger charge is 2.32. The number of aromatic hydroxyl groups is 1. The number of anilines is 2. The molecule has 0 spiro atoms. The molecular formula is C31H33N3O3. The average Bonchev–Trinajstić information content (AvgIpc) is 3.13. The number of hydrogen-bond acceptors (Lipinski definition) is 5. The van der Waals surface area contributed by atoms with Gasteiger partial charge < -0.3 is 15.5 Å². The number of phenols is 1. The molecule has 3 aromatic rings. The molecule has 3 N–H and O–H groups in total. The Hall–Kier alpha value is -4.16. The van der Waals surface area contributed by atoms with Crippen molar-refractivity contribution in [2.24, 2.45) is 4.99 Å². The largest absolute Gasteiger partial charge is 0.508 e. The van der Waals surface area contributed by atoms with Gasteiger partial charge in [-0.2, -0.15) is 0 Å². The van der Waals surface area contributed by atoms with Crippen molar-refractivity contribution in [1.29, 1.82) is 0 Å². The fourth-order valence-electron chi connectivity index (χ4n) is 4.44. The van der Waals surface area contributed by atoms with Crippen molar-refractivity contribution in [3.8, 4) is 5.75 Å². The van der Waals surface area contributed by atoms with Gasteiger partial charge in [-0.25, -0.2) is 4.99 Å². The number of carbonyl (C=O) groups is 1. The van der Waals surface area contributed by atoms with Crippen LogP contribution in [0.4, 0.5) is 11.4 Å². The van der Waals surface area contributed by atoms with Gasteiger partial charge in [0, 0.05) is 18.0 Å². The van der Waals surface area contributed by atoms with Crippen LogP contribution >= 0.6 is 0 Å². The summed E-state index contributed by atoms with van der Waals surface area (Å²) in [6, 6.07) is 20.9. The lowest BCUT2D eigenvalue weighted by Gasteiger charge is -2.26. The van der Waals surface area contributed by atoms with Crippen molar-refractivity contribution in [1.82, 2.24) is 0 Å². The number of aliphatic hydroxyl groups is 1. The number of rotatable bonds is 9. The predicted molar refractivity (Wildman–Crippen MR) is 151 cm³/mol. The molecule has 1 amide bonds. The Morgan fingerprint density at radius 1 is 1.03 bits per heavy atom. The quantitative estimate of drug-likeness (QED) is 0.359. The Balaban J connectivity index is 1.69. The Morgan fingerprint density at radius 2 is 1.73 bits per heavy atom. The summed E-state index contributed by atoms with van der Waals surface area (Å²) >= 11 is 0. The first kappa shape index (κ1) is 25.9. The highest BCUT2D eigenvalue weighted by atomic mass is 16.3. The number of phenolic OH excluding ortho intramolecular Hbond substituents is 1. The smallest absolute Gasteiger partial charge is 0.278 e. The Bertz CT molecular complexity index is 1340. The second-order valence-electron chi connectivity index (χ2n) is 9.48. The molecule has 0 aromatic heterocycles. The molecule has 3 aromatic carbocycles. The third kappa shape index (κ3) is 6.16. The van der Waals surface area contributed by atoms with E-state index in [2.05, 4.69) is 35.9 Å². The summed E-state index contributed by atoms with van der Waals surface area (Å²) < 4.78 is 0. The van der Waals surface area contributed by atoms with Gasteiger partial charge in [-0.05, 0) is 62.1 Å². The highest BCUT2D eigenvalue weighted by molar-refractivity contribution is 6.47. The third-order valence-corrected chi connectivity index (χ3v) is 6.28. The number of nitrogens with zero attached hydrogens (tertiary/aromatic N) is 2. The van der Waals surface area contributed by atoms with Crippen LogP contribution in [0.3, 0.4) is 0 Å². The number of aliphatic hydroxyl groups excluding tert-OH is 1. The molecule has 2 unspecified atom stereocenters. The van der Waals surface area contributed by atoms with Crippen LogP contribution in [0.15, 0.2) is 90.2 Å². The van der Waals surface area contributed by atoms with Crippen molar-refractivity contribution in [2.75, 3.05) is 10.2 Å². The summed E-state index contributed by atoms with van der Waals surface area (Å²) in [5, 5.41) is 23.1. The van der Waals surface area contributed by atoms with E-state index in [0.717, 1.165) is 28.8 Å². The number of amides is 1. The lowest BCUT2D eigenvalue weighted by atomic mass is 10.0. The van der Waals surface area contributed by atoms with Gasteiger partial charge in [0.05, 0.1) is 17.5 Å². The van der Waals surface area contributed by atoms with Crippen molar-refractivity contribution >= 4 is 29.1 Å². The zero-order chi connectivity index (χ0) is 26.5. The van der Waals surface area contributed by atoms with Crippen LogP contribution in [-0.2, 0) is 17.6 Å². The minimum Gasteiger partial charge on any atom is -0.508 e. The summed E-state index contributed by atoms with van der Waals surface area (Å²) in [6.45, 7) is 9.89. The van der Waals surface area contributed by atoms with E-state index in [9.17, 15) is 15.0 Å². The van der Waals surface area contributed by atoms with Crippen LogP contribution in [0, 0.1) is 6.92 Å². The molecule has 0 fully saturated rings. The number of benzene rings is 3. The van der Waals surface area contributed by atoms with Crippen LogP contribution in [0.2, 0.25) is 0 Å². The van der Waals surface area contributed by atoms with E-state index in [-0.39, 0.29) is 17.7 Å². The second-order valence-corrected chi connectivity index (χ2v) is 9.48. The summed E-state index contributed by atoms with van der Waals surface area (Å²) in [6.07, 6.45) is 4.14. The van der Waals surface area contributed by atoms with Crippen molar-refractivity contribution in [3.05, 3.63) is 107 Å². The van der Waals surface area contributed by atoms with Crippen LogP contribution in [0.1, 0.15) is 36.1 Å². The predicted octanol–water partition coefficient (Wildman–Crippen LogP) is 5.64. The third-order valence-electron chi connectivity index (χ3n) is 6.28. The molecule has 6 heteroatoms. The summed E-state index contributed by atoms with van der Waals surface area (Å²) in [4.78, 5) is 19.6. The standard InChI is InChI=1S/C31H33N3O3/c1-20-10-17-29(34-23(4)33-28(31(34)37)19-25-12-14-26(36)15-13-25)30(27(20)16-11-22(3)35)32-21(2)18-24-8-6-5-7-9-24/h5-17,21-22,32,35-36H,4,18-19H2,1-3H3/b16-11-. The molecule has 0 bridgehead atoms. The lowest BCUT2D eigenvalue weighted by Crippen LogP contribution is -2.31. The minimum absolute atomic E-state index is 0.0602. The Morgan fingerprint density at radius 3 is 2.41 bits per heavy atom. The van der Waals surface area contributed by atoms with E-state index in [1.165, 1.54) is 5.56 Å². The average molecular weight is 496 g/mol. The fraction of sp³-hybridized carbons (Fsp3) is 0.226. The van der Waals surface area contributed by atoms with E-state index in [4.69, 9.17) is 0 Å². The molecule has 0 radical (unpaired) electrons. The van der Waals surface area contributed by atoms with Gasteiger partial charge >= 0.3 is 0 Å². The first-order chi connectivity index (χ1) is 17.7. The molecule has 4 rings (SSSR count). The summed E-state index contributed by atoms with van der Waals surface area (Å²) in [5.41, 5.74) is 5.83. The maximum Gasteiger partial charge on any atom is 0.278 e. The van der Waals surface area contributed by atoms with Crippen molar-refractivity contribution in [3.63, 3.8) is 0 Å². The molecule has 0 saturated carbocycles. The van der Waals surface area contributed by atoms with E-state index in [1.807, 2.05) is 43.3 Å². The van der Waals surface area contributed by atoms with Crippen molar-refractivity contribution in [2.45, 2.75) is 45.8 Å². The number of nitrogens with one attached hydrogen (secondary N) is 1. The minimum atomic E-state index is -0.610. The van der Waals surface area contributed by atoms with E-state index in [0.29, 0.717) is 23.6 Å². The van der Waals surface area contributed by atoms with Gasteiger partial charge in [0.15, 0.2) is 0 Å².